The number of hydrogen-bond acceptors (Lipinski definition) is 3. The lowest BCUT2D eigenvalue weighted by atomic mass is 10.4. The second kappa shape index (κ2) is 4.15. The third kappa shape index (κ3) is 2.19. The summed E-state index contributed by atoms with van der Waals surface area (Å²) in [6.45, 7) is 2.58. The van der Waals surface area contributed by atoms with Gasteiger partial charge >= 0.3 is 0 Å². The maximum atomic E-state index is 5.88. The summed E-state index contributed by atoms with van der Waals surface area (Å²) in [5.74, 6) is 0.650. The Morgan fingerprint density at radius 2 is 2.33 bits per heavy atom. The van der Waals surface area contributed by atoms with E-state index < -0.39 is 0 Å². The molecule has 2 aromatic rings. The van der Waals surface area contributed by atoms with Gasteiger partial charge in [0.05, 0.1) is 21.0 Å². The van der Waals surface area contributed by atoms with E-state index in [4.69, 9.17) is 17.3 Å². The summed E-state index contributed by atoms with van der Waals surface area (Å²) in [5, 5.41) is 4.32. The van der Waals surface area contributed by atoms with Crippen LogP contribution in [-0.2, 0) is 6.54 Å². The molecular formula is C9H9BrClN3S. The number of thiophene rings is 1. The van der Waals surface area contributed by atoms with Gasteiger partial charge in [-0.05, 0) is 35.0 Å². The molecule has 0 saturated carbocycles. The van der Waals surface area contributed by atoms with Crippen molar-refractivity contribution in [3.63, 3.8) is 0 Å². The zero-order valence-corrected chi connectivity index (χ0v) is 11.2. The van der Waals surface area contributed by atoms with Crippen molar-refractivity contribution in [1.29, 1.82) is 0 Å². The van der Waals surface area contributed by atoms with Gasteiger partial charge in [-0.15, -0.1) is 11.3 Å². The van der Waals surface area contributed by atoms with Gasteiger partial charge in [-0.2, -0.15) is 5.10 Å². The molecule has 15 heavy (non-hydrogen) atoms. The van der Waals surface area contributed by atoms with E-state index >= 15 is 0 Å². The average Bonchev–Trinajstić information content (AvgIpc) is 2.68. The summed E-state index contributed by atoms with van der Waals surface area (Å²) in [4.78, 5) is 1.14. The van der Waals surface area contributed by atoms with E-state index in [1.54, 1.807) is 16.0 Å². The Balaban J connectivity index is 2.28. The zero-order chi connectivity index (χ0) is 11.0. The van der Waals surface area contributed by atoms with E-state index in [-0.39, 0.29) is 0 Å². The summed E-state index contributed by atoms with van der Waals surface area (Å²) in [6.07, 6.45) is 0. The summed E-state index contributed by atoms with van der Waals surface area (Å²) < 4.78 is 3.42. The molecule has 0 aliphatic rings. The Morgan fingerprint density at radius 1 is 1.60 bits per heavy atom. The van der Waals surface area contributed by atoms with Crippen LogP contribution in [-0.4, -0.2) is 9.78 Å². The number of aromatic nitrogens is 2. The molecule has 0 saturated heterocycles. The third-order valence-corrected chi connectivity index (χ3v) is 4.22. The second-order valence-corrected chi connectivity index (χ2v) is 5.74. The van der Waals surface area contributed by atoms with Gasteiger partial charge in [-0.1, -0.05) is 11.6 Å². The average molecular weight is 307 g/mol. The number of rotatable bonds is 2. The van der Waals surface area contributed by atoms with Crippen molar-refractivity contribution >= 4 is 44.7 Å². The molecule has 0 bridgehead atoms. The highest BCUT2D eigenvalue weighted by atomic mass is 79.9. The van der Waals surface area contributed by atoms with Gasteiger partial charge in [0.15, 0.2) is 0 Å². The van der Waals surface area contributed by atoms with Crippen LogP contribution in [0.25, 0.3) is 0 Å². The lowest BCUT2D eigenvalue weighted by Gasteiger charge is -2.00. The van der Waals surface area contributed by atoms with Crippen LogP contribution >= 0.6 is 38.9 Å². The Morgan fingerprint density at radius 3 is 2.80 bits per heavy atom. The molecule has 0 unspecified atom stereocenters. The number of nitrogen functional groups attached to an aromatic ring is 1. The van der Waals surface area contributed by atoms with Crippen molar-refractivity contribution in [2.24, 2.45) is 0 Å². The van der Waals surface area contributed by atoms with Crippen LogP contribution in [0.2, 0.25) is 4.34 Å². The first kappa shape index (κ1) is 11.0. The minimum absolute atomic E-state index is 0.650. The molecule has 0 aliphatic carbocycles. The first-order chi connectivity index (χ1) is 7.08. The van der Waals surface area contributed by atoms with Gasteiger partial charge in [0.2, 0.25) is 0 Å². The first-order valence-electron chi connectivity index (χ1n) is 4.30. The fourth-order valence-corrected chi connectivity index (χ4v) is 2.64. The molecule has 2 heterocycles. The van der Waals surface area contributed by atoms with E-state index in [0.717, 1.165) is 19.4 Å². The fourth-order valence-electron chi connectivity index (χ4n) is 1.28. The minimum atomic E-state index is 0.650. The number of halogens is 2. The highest BCUT2D eigenvalue weighted by molar-refractivity contribution is 9.10. The Bertz CT molecular complexity index is 492. The molecule has 6 heteroatoms. The molecule has 2 aromatic heterocycles. The molecule has 0 spiro atoms. The Kier molecular flexibility index (Phi) is 3.04. The van der Waals surface area contributed by atoms with E-state index in [1.165, 1.54) is 0 Å². The van der Waals surface area contributed by atoms with E-state index in [2.05, 4.69) is 21.0 Å². The zero-order valence-electron chi connectivity index (χ0n) is 8.00. The van der Waals surface area contributed by atoms with Crippen LogP contribution in [0.1, 0.15) is 10.6 Å². The van der Waals surface area contributed by atoms with Crippen LogP contribution in [0.4, 0.5) is 5.82 Å². The van der Waals surface area contributed by atoms with E-state index in [9.17, 15) is 0 Å². The molecule has 0 aromatic carbocycles. The van der Waals surface area contributed by atoms with Crippen LogP contribution in [0.15, 0.2) is 16.6 Å². The van der Waals surface area contributed by atoms with Gasteiger partial charge in [-0.25, -0.2) is 4.68 Å². The van der Waals surface area contributed by atoms with Crippen LogP contribution in [0.3, 0.4) is 0 Å². The van der Waals surface area contributed by atoms with Gasteiger partial charge in [0.25, 0.3) is 0 Å². The maximum absolute atomic E-state index is 5.88. The van der Waals surface area contributed by atoms with Crippen molar-refractivity contribution in [2.45, 2.75) is 13.5 Å². The first-order valence-corrected chi connectivity index (χ1v) is 6.29. The number of nitrogens with two attached hydrogens (primary N) is 1. The van der Waals surface area contributed by atoms with Gasteiger partial charge in [0, 0.05) is 4.88 Å². The summed E-state index contributed by atoms with van der Waals surface area (Å²) in [7, 11) is 0. The SMILES string of the molecule is Cc1nn(Cc2ccc(Cl)s2)c(N)c1Br. The van der Waals surface area contributed by atoms with Crippen LogP contribution in [0, 0.1) is 6.92 Å². The largest absolute Gasteiger partial charge is 0.383 e. The maximum Gasteiger partial charge on any atom is 0.136 e. The minimum Gasteiger partial charge on any atom is -0.383 e. The van der Waals surface area contributed by atoms with Crippen molar-refractivity contribution in [1.82, 2.24) is 9.78 Å². The predicted octanol–water partition coefficient (Wildman–Crippen LogP) is 3.30. The third-order valence-electron chi connectivity index (χ3n) is 2.03. The van der Waals surface area contributed by atoms with Gasteiger partial charge in [-0.3, -0.25) is 0 Å². The van der Waals surface area contributed by atoms with Crippen molar-refractivity contribution in [3.8, 4) is 0 Å². The molecule has 0 fully saturated rings. The summed E-state index contributed by atoms with van der Waals surface area (Å²) >= 11 is 10.8. The molecule has 2 N–H and O–H groups in total. The van der Waals surface area contributed by atoms with Crippen LogP contribution in [0.5, 0.6) is 0 Å². The Labute approximate surface area is 105 Å². The monoisotopic (exact) mass is 305 g/mol. The lowest BCUT2D eigenvalue weighted by molar-refractivity contribution is 0.697. The smallest absolute Gasteiger partial charge is 0.136 e. The van der Waals surface area contributed by atoms with E-state index in [0.29, 0.717) is 12.4 Å². The normalized spacial score (nSPS) is 10.9. The van der Waals surface area contributed by atoms with Crippen LogP contribution < -0.4 is 5.73 Å². The summed E-state index contributed by atoms with van der Waals surface area (Å²) in [6, 6.07) is 3.86. The standard InChI is InChI=1S/C9H9BrClN3S/c1-5-8(10)9(12)14(13-5)4-6-2-3-7(11)15-6/h2-3H,4,12H2,1H3. The molecule has 2 rings (SSSR count). The summed E-state index contributed by atoms with van der Waals surface area (Å²) in [5.41, 5.74) is 6.78. The molecule has 0 amide bonds. The quantitative estimate of drug-likeness (QED) is 0.925. The number of nitrogens with zero attached hydrogens (tertiary/aromatic N) is 2. The molecular weight excluding hydrogens is 298 g/mol. The topological polar surface area (TPSA) is 43.8 Å². The molecule has 80 valence electrons. The highest BCUT2D eigenvalue weighted by Crippen LogP contribution is 2.26. The number of hydrogen-bond donors (Lipinski definition) is 1. The van der Waals surface area contributed by atoms with Gasteiger partial charge in [0.1, 0.15) is 5.82 Å². The molecule has 0 radical (unpaired) electrons. The lowest BCUT2D eigenvalue weighted by Crippen LogP contribution is -2.04. The highest BCUT2D eigenvalue weighted by Gasteiger charge is 2.10. The van der Waals surface area contributed by atoms with Crippen molar-refractivity contribution in [3.05, 3.63) is 31.5 Å². The van der Waals surface area contributed by atoms with Crippen molar-refractivity contribution < 1.29 is 0 Å². The second-order valence-electron chi connectivity index (χ2n) is 3.15. The Hall–Kier alpha value is -0.520. The van der Waals surface area contributed by atoms with Crippen molar-refractivity contribution in [2.75, 3.05) is 5.73 Å². The number of anilines is 1. The van der Waals surface area contributed by atoms with E-state index in [1.807, 2.05) is 19.1 Å². The molecule has 0 atom stereocenters. The molecule has 0 aliphatic heterocycles. The fraction of sp³-hybridized carbons (Fsp3) is 0.222. The number of aryl methyl sites for hydroxylation is 1. The van der Waals surface area contributed by atoms with Gasteiger partial charge < -0.3 is 5.73 Å². The molecule has 3 nitrogen and oxygen atoms in total. The predicted molar refractivity (Wildman–Crippen MR) is 67.5 cm³/mol.